The number of hydrazine groups is 1. The van der Waals surface area contributed by atoms with Gasteiger partial charge in [-0.3, -0.25) is 15.6 Å². The Balaban J connectivity index is 1.67. The number of aromatic nitrogens is 2. The van der Waals surface area contributed by atoms with E-state index < -0.39 is 0 Å². The van der Waals surface area contributed by atoms with Crippen LogP contribution in [-0.4, -0.2) is 23.2 Å². The summed E-state index contributed by atoms with van der Waals surface area (Å²) in [5.74, 6) is 0.931. The lowest BCUT2D eigenvalue weighted by Crippen LogP contribution is -2.30. The topological polar surface area (TPSA) is 76.1 Å². The summed E-state index contributed by atoms with van der Waals surface area (Å²) in [5.41, 5.74) is 8.60. The van der Waals surface area contributed by atoms with Crippen LogP contribution in [0.2, 0.25) is 0 Å². The van der Waals surface area contributed by atoms with Gasteiger partial charge in [0.2, 0.25) is 0 Å². The van der Waals surface area contributed by atoms with E-state index in [1.165, 1.54) is 0 Å². The number of amides is 1. The Morgan fingerprint density at radius 3 is 2.36 bits per heavy atom. The number of methoxy groups -OCH3 is 1. The zero-order chi connectivity index (χ0) is 17.6. The molecule has 2 N–H and O–H groups in total. The number of anilines is 1. The van der Waals surface area contributed by atoms with Crippen molar-refractivity contribution in [2.24, 2.45) is 0 Å². The molecule has 0 saturated heterocycles. The Kier molecular flexibility index (Phi) is 4.89. The number of benzene rings is 2. The molecule has 1 heterocycles. The van der Waals surface area contributed by atoms with Crippen LogP contribution in [0.15, 0.2) is 60.7 Å². The number of hydrogen-bond donors (Lipinski definition) is 2. The van der Waals surface area contributed by atoms with Crippen molar-refractivity contribution in [3.05, 3.63) is 71.8 Å². The molecule has 6 nitrogen and oxygen atoms in total. The Labute approximate surface area is 145 Å². The lowest BCUT2D eigenvalue weighted by Gasteiger charge is -2.10. The maximum atomic E-state index is 12.2. The van der Waals surface area contributed by atoms with Crippen molar-refractivity contribution in [1.82, 2.24) is 15.6 Å². The number of nitrogens with one attached hydrogen (secondary N) is 2. The van der Waals surface area contributed by atoms with Crippen LogP contribution in [0.3, 0.4) is 0 Å². The predicted molar refractivity (Wildman–Crippen MR) is 96.3 cm³/mol. The number of nitrogens with zero attached hydrogens (tertiary/aromatic N) is 2. The molecule has 0 aliphatic rings. The van der Waals surface area contributed by atoms with Gasteiger partial charge in [0.05, 0.1) is 12.8 Å². The van der Waals surface area contributed by atoms with Crippen molar-refractivity contribution in [1.29, 1.82) is 0 Å². The molecule has 0 saturated carbocycles. The SMILES string of the molecule is COc1ccc(C(=O)NNc2nnc(-c3ccccc3)cc2C)cc1. The molecule has 2 aromatic carbocycles. The third-order valence-corrected chi connectivity index (χ3v) is 3.70. The predicted octanol–water partition coefficient (Wildman–Crippen LogP) is 3.22. The lowest BCUT2D eigenvalue weighted by molar-refractivity contribution is 0.0962. The fourth-order valence-electron chi connectivity index (χ4n) is 2.29. The fraction of sp³-hybridized carbons (Fsp3) is 0.105. The van der Waals surface area contributed by atoms with E-state index in [-0.39, 0.29) is 5.91 Å². The average molecular weight is 334 g/mol. The molecule has 126 valence electrons. The van der Waals surface area contributed by atoms with Gasteiger partial charge in [0.25, 0.3) is 5.91 Å². The molecule has 0 spiro atoms. The molecule has 3 rings (SSSR count). The molecular formula is C19H18N4O2. The summed E-state index contributed by atoms with van der Waals surface area (Å²) in [6, 6.07) is 18.6. The Hall–Kier alpha value is -3.41. The molecule has 0 aliphatic heterocycles. The van der Waals surface area contributed by atoms with Crippen molar-refractivity contribution < 1.29 is 9.53 Å². The zero-order valence-corrected chi connectivity index (χ0v) is 14.0. The van der Waals surface area contributed by atoms with Crippen molar-refractivity contribution in [3.63, 3.8) is 0 Å². The van der Waals surface area contributed by atoms with E-state index in [0.29, 0.717) is 17.1 Å². The Bertz CT molecular complexity index is 864. The van der Waals surface area contributed by atoms with Crippen LogP contribution in [0.5, 0.6) is 5.75 Å². The number of hydrogen-bond acceptors (Lipinski definition) is 5. The first kappa shape index (κ1) is 16.4. The second-order valence-electron chi connectivity index (χ2n) is 5.43. The van der Waals surface area contributed by atoms with Crippen molar-refractivity contribution >= 4 is 11.7 Å². The highest BCUT2D eigenvalue weighted by atomic mass is 16.5. The highest BCUT2D eigenvalue weighted by Gasteiger charge is 2.08. The van der Waals surface area contributed by atoms with Gasteiger partial charge in [-0.1, -0.05) is 30.3 Å². The van der Waals surface area contributed by atoms with Gasteiger partial charge in [-0.05, 0) is 42.8 Å². The Morgan fingerprint density at radius 2 is 1.72 bits per heavy atom. The zero-order valence-electron chi connectivity index (χ0n) is 14.0. The molecule has 0 atom stereocenters. The Morgan fingerprint density at radius 1 is 1.00 bits per heavy atom. The molecular weight excluding hydrogens is 316 g/mol. The molecule has 0 unspecified atom stereocenters. The van der Waals surface area contributed by atoms with Crippen molar-refractivity contribution in [2.75, 3.05) is 12.5 Å². The number of ether oxygens (including phenoxy) is 1. The summed E-state index contributed by atoms with van der Waals surface area (Å²) < 4.78 is 5.08. The smallest absolute Gasteiger partial charge is 0.269 e. The van der Waals surface area contributed by atoms with E-state index in [9.17, 15) is 4.79 Å². The molecule has 6 heteroatoms. The third-order valence-electron chi connectivity index (χ3n) is 3.70. The van der Waals surface area contributed by atoms with E-state index >= 15 is 0 Å². The van der Waals surface area contributed by atoms with E-state index in [2.05, 4.69) is 21.0 Å². The monoisotopic (exact) mass is 334 g/mol. The summed E-state index contributed by atoms with van der Waals surface area (Å²) >= 11 is 0. The first-order valence-corrected chi connectivity index (χ1v) is 7.77. The van der Waals surface area contributed by atoms with Crippen LogP contribution in [0, 0.1) is 6.92 Å². The summed E-state index contributed by atoms with van der Waals surface area (Å²) in [7, 11) is 1.58. The average Bonchev–Trinajstić information content (AvgIpc) is 2.67. The quantitative estimate of drug-likeness (QED) is 0.701. The molecule has 1 aromatic heterocycles. The molecule has 0 bridgehead atoms. The van der Waals surface area contributed by atoms with Gasteiger partial charge in [0, 0.05) is 11.1 Å². The van der Waals surface area contributed by atoms with Crippen LogP contribution < -0.4 is 15.6 Å². The van der Waals surface area contributed by atoms with Crippen LogP contribution in [-0.2, 0) is 0 Å². The number of aryl methyl sites for hydroxylation is 1. The maximum Gasteiger partial charge on any atom is 0.269 e. The van der Waals surface area contributed by atoms with Crippen molar-refractivity contribution in [3.8, 4) is 17.0 Å². The van der Waals surface area contributed by atoms with Crippen LogP contribution in [0.25, 0.3) is 11.3 Å². The minimum absolute atomic E-state index is 0.268. The highest BCUT2D eigenvalue weighted by Crippen LogP contribution is 2.19. The second-order valence-corrected chi connectivity index (χ2v) is 5.43. The highest BCUT2D eigenvalue weighted by molar-refractivity contribution is 5.94. The number of rotatable bonds is 5. The van der Waals surface area contributed by atoms with Crippen LogP contribution >= 0.6 is 0 Å². The van der Waals surface area contributed by atoms with Gasteiger partial charge in [-0.15, -0.1) is 10.2 Å². The summed E-state index contributed by atoms with van der Waals surface area (Å²) in [5, 5.41) is 8.35. The van der Waals surface area contributed by atoms with Gasteiger partial charge in [-0.25, -0.2) is 0 Å². The first-order chi connectivity index (χ1) is 12.2. The number of carbonyl (C=O) groups excluding carboxylic acids is 1. The van der Waals surface area contributed by atoms with Crippen LogP contribution in [0.1, 0.15) is 15.9 Å². The molecule has 0 fully saturated rings. The summed E-state index contributed by atoms with van der Waals surface area (Å²) in [6.07, 6.45) is 0. The normalized spacial score (nSPS) is 10.2. The molecule has 0 aliphatic carbocycles. The summed E-state index contributed by atoms with van der Waals surface area (Å²) in [6.45, 7) is 1.91. The fourth-order valence-corrected chi connectivity index (χ4v) is 2.29. The molecule has 3 aromatic rings. The van der Waals surface area contributed by atoms with E-state index in [4.69, 9.17) is 4.74 Å². The van der Waals surface area contributed by atoms with E-state index in [0.717, 1.165) is 16.8 Å². The van der Waals surface area contributed by atoms with Gasteiger partial charge >= 0.3 is 0 Å². The maximum absolute atomic E-state index is 12.2. The lowest BCUT2D eigenvalue weighted by atomic mass is 10.1. The third kappa shape index (κ3) is 3.92. The van der Waals surface area contributed by atoms with Gasteiger partial charge in [-0.2, -0.15) is 0 Å². The minimum atomic E-state index is -0.268. The van der Waals surface area contributed by atoms with E-state index in [1.54, 1.807) is 31.4 Å². The first-order valence-electron chi connectivity index (χ1n) is 7.77. The molecule has 0 radical (unpaired) electrons. The second kappa shape index (κ2) is 7.44. The molecule has 25 heavy (non-hydrogen) atoms. The summed E-state index contributed by atoms with van der Waals surface area (Å²) in [4.78, 5) is 12.2. The minimum Gasteiger partial charge on any atom is -0.497 e. The van der Waals surface area contributed by atoms with Gasteiger partial charge in [0.15, 0.2) is 5.82 Å². The number of carbonyl (C=O) groups is 1. The standard InChI is InChI=1S/C19H18N4O2/c1-13-12-17(14-6-4-3-5-7-14)20-21-18(13)22-23-19(24)15-8-10-16(25-2)11-9-15/h3-12H,1-2H3,(H,21,22)(H,23,24). The largest absolute Gasteiger partial charge is 0.497 e. The molecule has 1 amide bonds. The van der Waals surface area contributed by atoms with Gasteiger partial charge in [0.1, 0.15) is 5.75 Å². The van der Waals surface area contributed by atoms with Gasteiger partial charge < -0.3 is 4.74 Å². The van der Waals surface area contributed by atoms with E-state index in [1.807, 2.05) is 43.3 Å². The van der Waals surface area contributed by atoms with Crippen LogP contribution in [0.4, 0.5) is 5.82 Å². The van der Waals surface area contributed by atoms with Crippen molar-refractivity contribution in [2.45, 2.75) is 6.92 Å².